The lowest BCUT2D eigenvalue weighted by Crippen LogP contribution is -2.45. The first-order chi connectivity index (χ1) is 30.0. The highest BCUT2D eigenvalue weighted by atomic mass is 31.2. The van der Waals surface area contributed by atoms with Gasteiger partial charge in [0.25, 0.3) is 0 Å². The monoisotopic (exact) mass is 886 g/mol. The number of aliphatic hydroxyl groups is 1. The molecule has 0 fully saturated rings. The van der Waals surface area contributed by atoms with Crippen molar-refractivity contribution >= 4 is 13.7 Å². The van der Waals surface area contributed by atoms with E-state index in [1.165, 1.54) is 70.6 Å². The minimum atomic E-state index is -4.36. The number of quaternary nitrogens is 1. The van der Waals surface area contributed by atoms with Crippen molar-refractivity contribution < 1.29 is 32.9 Å². The minimum absolute atomic E-state index is 0.0453. The maximum absolute atomic E-state index is 12.9. The number of amides is 1. The Morgan fingerprint density at radius 2 is 0.984 bits per heavy atom. The van der Waals surface area contributed by atoms with Gasteiger partial charge in [-0.25, -0.2) is 4.57 Å². The fraction of sp³-hybridized carbons (Fsp3) is 0.679. The van der Waals surface area contributed by atoms with Gasteiger partial charge in [-0.05, 0) is 83.5 Å². The Hall–Kier alpha value is -2.58. The zero-order chi connectivity index (χ0) is 45.7. The van der Waals surface area contributed by atoms with E-state index in [0.29, 0.717) is 17.4 Å². The Labute approximate surface area is 381 Å². The summed E-state index contributed by atoms with van der Waals surface area (Å²) in [6, 6.07) is -0.883. The van der Waals surface area contributed by atoms with Crippen molar-refractivity contribution in [3.63, 3.8) is 0 Å². The SMILES string of the molecule is CC/C=C\C/C=C\C/C=C\C/C=C\C/C=C\C/C=C\CCCCCCC(=O)NC(COP(=O)(O)OCC[N+](C)(C)C)C(O)/C=C/CC/C=C/CCCCCCCCCCCCC. The van der Waals surface area contributed by atoms with E-state index in [2.05, 4.69) is 104 Å². The van der Waals surface area contributed by atoms with E-state index in [1.54, 1.807) is 6.08 Å². The molecular weight excluding hydrogens is 792 g/mol. The largest absolute Gasteiger partial charge is 0.472 e. The van der Waals surface area contributed by atoms with E-state index in [-0.39, 0.29) is 19.1 Å². The van der Waals surface area contributed by atoms with Crippen molar-refractivity contribution in [3.8, 4) is 0 Å². The minimum Gasteiger partial charge on any atom is -0.387 e. The molecule has 0 aromatic heterocycles. The Balaban J connectivity index is 4.47. The second-order valence-electron chi connectivity index (χ2n) is 17.4. The molecule has 0 spiro atoms. The molecule has 0 aromatic carbocycles. The quantitative estimate of drug-likeness (QED) is 0.0244. The Morgan fingerprint density at radius 1 is 0.565 bits per heavy atom. The smallest absolute Gasteiger partial charge is 0.387 e. The number of allylic oxidation sites excluding steroid dienone is 15. The van der Waals surface area contributed by atoms with Gasteiger partial charge in [-0.2, -0.15) is 0 Å². The van der Waals surface area contributed by atoms with E-state index in [0.717, 1.165) is 89.9 Å². The molecule has 0 rings (SSSR count). The molecule has 3 N–H and O–H groups in total. The molecule has 0 aliphatic carbocycles. The van der Waals surface area contributed by atoms with Crippen LogP contribution < -0.4 is 5.32 Å². The molecule has 0 aromatic rings. The maximum atomic E-state index is 12.9. The molecule has 3 unspecified atom stereocenters. The third-order valence-electron chi connectivity index (χ3n) is 10.3. The number of hydrogen-bond donors (Lipinski definition) is 3. The molecule has 0 aliphatic rings. The first-order valence-corrected chi connectivity index (χ1v) is 26.1. The zero-order valence-corrected chi connectivity index (χ0v) is 41.2. The van der Waals surface area contributed by atoms with Crippen LogP contribution in [0, 0.1) is 0 Å². The van der Waals surface area contributed by atoms with E-state index in [1.807, 2.05) is 27.2 Å². The Kier molecular flexibility index (Phi) is 41.8. The molecule has 0 heterocycles. The van der Waals surface area contributed by atoms with Crippen LogP contribution in [0.25, 0.3) is 0 Å². The summed E-state index contributed by atoms with van der Waals surface area (Å²) in [5, 5.41) is 13.8. The number of phosphoric ester groups is 1. The summed E-state index contributed by atoms with van der Waals surface area (Å²) in [4.78, 5) is 23.2. The molecule has 8 nitrogen and oxygen atoms in total. The van der Waals surface area contributed by atoms with Gasteiger partial charge in [-0.1, -0.05) is 188 Å². The van der Waals surface area contributed by atoms with Crippen LogP contribution in [0.5, 0.6) is 0 Å². The van der Waals surface area contributed by atoms with Crippen molar-refractivity contribution in [2.75, 3.05) is 40.9 Å². The van der Waals surface area contributed by atoms with Crippen LogP contribution in [0.1, 0.15) is 181 Å². The van der Waals surface area contributed by atoms with E-state index in [9.17, 15) is 19.4 Å². The molecule has 0 bridgehead atoms. The first-order valence-electron chi connectivity index (χ1n) is 24.6. The second-order valence-corrected chi connectivity index (χ2v) is 18.9. The van der Waals surface area contributed by atoms with Crippen LogP contribution in [0.4, 0.5) is 0 Å². The van der Waals surface area contributed by atoms with Gasteiger partial charge in [-0.15, -0.1) is 0 Å². The normalized spacial score (nSPS) is 15.0. The van der Waals surface area contributed by atoms with Crippen molar-refractivity contribution in [1.29, 1.82) is 0 Å². The number of rotatable bonds is 43. The lowest BCUT2D eigenvalue weighted by atomic mass is 10.1. The van der Waals surface area contributed by atoms with Gasteiger partial charge >= 0.3 is 7.82 Å². The summed E-state index contributed by atoms with van der Waals surface area (Å²) in [6.07, 6.45) is 62.0. The summed E-state index contributed by atoms with van der Waals surface area (Å²) in [7, 11) is 1.52. The van der Waals surface area contributed by atoms with Crippen LogP contribution in [0.15, 0.2) is 97.2 Å². The van der Waals surface area contributed by atoms with Gasteiger partial charge in [0.05, 0.1) is 39.9 Å². The number of hydrogen-bond acceptors (Lipinski definition) is 5. The third-order valence-corrected chi connectivity index (χ3v) is 11.3. The van der Waals surface area contributed by atoms with Gasteiger partial charge in [0.15, 0.2) is 0 Å². The van der Waals surface area contributed by atoms with Crippen molar-refractivity contribution in [3.05, 3.63) is 97.2 Å². The van der Waals surface area contributed by atoms with Crippen LogP contribution in [-0.4, -0.2) is 73.4 Å². The Bertz CT molecular complexity index is 1330. The molecule has 62 heavy (non-hydrogen) atoms. The number of phosphoric acid groups is 1. The van der Waals surface area contributed by atoms with Crippen LogP contribution in [0.2, 0.25) is 0 Å². The molecule has 0 aliphatic heterocycles. The summed E-state index contributed by atoms with van der Waals surface area (Å²) >= 11 is 0. The fourth-order valence-electron chi connectivity index (χ4n) is 6.41. The van der Waals surface area contributed by atoms with Gasteiger partial charge < -0.3 is 19.8 Å². The van der Waals surface area contributed by atoms with Crippen molar-refractivity contribution in [1.82, 2.24) is 5.32 Å². The molecule has 0 saturated heterocycles. The zero-order valence-electron chi connectivity index (χ0n) is 40.3. The lowest BCUT2D eigenvalue weighted by molar-refractivity contribution is -0.870. The average molecular weight is 886 g/mol. The molecule has 0 saturated carbocycles. The van der Waals surface area contributed by atoms with Crippen LogP contribution >= 0.6 is 7.82 Å². The fourth-order valence-corrected chi connectivity index (χ4v) is 7.15. The molecular formula is C53H94N2O6P+. The number of likely N-dealkylation sites (N-methyl/N-ethyl adjacent to an activating group) is 1. The molecule has 9 heteroatoms. The molecule has 1 amide bonds. The van der Waals surface area contributed by atoms with Crippen LogP contribution in [0.3, 0.4) is 0 Å². The number of nitrogens with one attached hydrogen (secondary N) is 1. The Morgan fingerprint density at radius 3 is 1.48 bits per heavy atom. The average Bonchev–Trinajstić information content (AvgIpc) is 3.23. The van der Waals surface area contributed by atoms with Gasteiger partial charge in [0.2, 0.25) is 5.91 Å². The highest BCUT2D eigenvalue weighted by molar-refractivity contribution is 7.47. The molecule has 356 valence electrons. The lowest BCUT2D eigenvalue weighted by Gasteiger charge is -2.25. The van der Waals surface area contributed by atoms with Gasteiger partial charge in [0.1, 0.15) is 13.2 Å². The van der Waals surface area contributed by atoms with E-state index < -0.39 is 20.0 Å². The van der Waals surface area contributed by atoms with Gasteiger partial charge in [0, 0.05) is 6.42 Å². The number of nitrogens with zero attached hydrogens (tertiary/aromatic N) is 1. The second kappa shape index (κ2) is 43.7. The van der Waals surface area contributed by atoms with Gasteiger partial charge in [-0.3, -0.25) is 13.8 Å². The number of aliphatic hydroxyl groups excluding tert-OH is 1. The standard InChI is InChI=1S/C53H93N2O6P/c1-6-8-10-12-14-16-18-20-22-24-25-26-27-28-29-31-33-35-37-39-41-43-45-47-53(57)54-51(50-61-62(58,59)60-49-48-55(3,4)5)52(56)46-44-42-40-38-36-34-32-30-23-21-19-17-15-13-11-9-7-2/h8,10,14,16,20,22,25-26,28-29,33,35-36,38,44,46,51-52,56H,6-7,9,11-13,15,17-19,21,23-24,27,30-32,34,37,39-43,45,47-50H2,1-5H3,(H-,54,57,58,59)/p+1/b10-8-,16-14-,22-20-,26-25-,29-28-,35-33-,38-36+,46-44+. The predicted octanol–water partition coefficient (Wildman–Crippen LogP) is 14.3. The number of carbonyl (C=O) groups excluding carboxylic acids is 1. The number of carbonyl (C=O) groups is 1. The van der Waals surface area contributed by atoms with Crippen molar-refractivity contribution in [2.45, 2.75) is 193 Å². The van der Waals surface area contributed by atoms with E-state index >= 15 is 0 Å². The highest BCUT2D eigenvalue weighted by Crippen LogP contribution is 2.43. The van der Waals surface area contributed by atoms with Crippen molar-refractivity contribution in [2.24, 2.45) is 0 Å². The first kappa shape index (κ1) is 59.4. The highest BCUT2D eigenvalue weighted by Gasteiger charge is 2.27. The summed E-state index contributed by atoms with van der Waals surface area (Å²) in [5.41, 5.74) is 0. The predicted molar refractivity (Wildman–Crippen MR) is 267 cm³/mol. The van der Waals surface area contributed by atoms with Crippen LogP contribution in [-0.2, 0) is 18.4 Å². The summed E-state index contributed by atoms with van der Waals surface area (Å²) < 4.78 is 23.6. The number of unbranched alkanes of at least 4 members (excludes halogenated alkanes) is 16. The summed E-state index contributed by atoms with van der Waals surface area (Å²) in [6.45, 7) is 4.64. The third kappa shape index (κ3) is 45.4. The topological polar surface area (TPSA) is 105 Å². The summed E-state index contributed by atoms with van der Waals surface area (Å²) in [5.74, 6) is -0.216. The molecule has 3 atom stereocenters. The molecule has 0 radical (unpaired) electrons. The maximum Gasteiger partial charge on any atom is 0.472 e. The van der Waals surface area contributed by atoms with E-state index in [4.69, 9.17) is 9.05 Å².